The first-order valence-corrected chi connectivity index (χ1v) is 8.91. The number of hydrogen-bond acceptors (Lipinski definition) is 6. The first-order valence-electron chi connectivity index (χ1n) is 8.91. The Morgan fingerprint density at radius 3 is 2.61 bits per heavy atom. The first kappa shape index (κ1) is 19.4. The molecular weight excluding hydrogens is 362 g/mol. The highest BCUT2D eigenvalue weighted by Crippen LogP contribution is 2.26. The van der Waals surface area contributed by atoms with Gasteiger partial charge in [-0.1, -0.05) is 18.2 Å². The van der Waals surface area contributed by atoms with Crippen LogP contribution in [-0.4, -0.2) is 42.5 Å². The minimum Gasteiger partial charge on any atom is -0.488 e. The topological polar surface area (TPSA) is 94.7 Å². The number of para-hydroxylation sites is 1. The fourth-order valence-corrected chi connectivity index (χ4v) is 3.07. The van der Waals surface area contributed by atoms with Crippen LogP contribution in [0.4, 0.5) is 0 Å². The van der Waals surface area contributed by atoms with E-state index in [9.17, 15) is 14.4 Å². The number of ketones is 1. The molecule has 2 heterocycles. The van der Waals surface area contributed by atoms with Crippen LogP contribution in [0.3, 0.4) is 0 Å². The van der Waals surface area contributed by atoms with E-state index in [1.54, 1.807) is 26.8 Å². The molecule has 0 bridgehead atoms. The highest BCUT2D eigenvalue weighted by molar-refractivity contribution is 6.03. The third-order valence-corrected chi connectivity index (χ3v) is 4.42. The summed E-state index contributed by atoms with van der Waals surface area (Å²) >= 11 is 0. The minimum absolute atomic E-state index is 0.0810. The van der Waals surface area contributed by atoms with Gasteiger partial charge in [-0.15, -0.1) is 0 Å². The number of esters is 2. The van der Waals surface area contributed by atoms with Crippen LogP contribution in [0, 0.1) is 13.8 Å². The van der Waals surface area contributed by atoms with Crippen LogP contribution in [0.2, 0.25) is 0 Å². The number of aryl methyl sites for hydroxylation is 1. The van der Waals surface area contributed by atoms with Crippen LogP contribution < -0.4 is 4.74 Å². The molecule has 0 atom stereocenters. The molecule has 1 aromatic heterocycles. The lowest BCUT2D eigenvalue weighted by molar-refractivity contribution is -0.138. The summed E-state index contributed by atoms with van der Waals surface area (Å²) in [7, 11) is 0. The maximum Gasteiger partial charge on any atom is 0.340 e. The second-order valence-corrected chi connectivity index (χ2v) is 6.34. The third kappa shape index (κ3) is 3.83. The number of ether oxygens (including phenoxy) is 3. The molecule has 7 heteroatoms. The lowest BCUT2D eigenvalue weighted by Crippen LogP contribution is -2.21. The van der Waals surface area contributed by atoms with Crippen molar-refractivity contribution in [1.29, 1.82) is 0 Å². The van der Waals surface area contributed by atoms with Gasteiger partial charge in [0.25, 0.3) is 0 Å². The molecule has 0 amide bonds. The van der Waals surface area contributed by atoms with E-state index in [0.717, 1.165) is 5.56 Å². The molecule has 0 unspecified atom stereocenters. The number of H-pyrrole nitrogens is 1. The second kappa shape index (κ2) is 8.12. The molecule has 0 radical (unpaired) electrons. The predicted molar refractivity (Wildman–Crippen MR) is 101 cm³/mol. The van der Waals surface area contributed by atoms with Crippen molar-refractivity contribution in [3.05, 3.63) is 57.9 Å². The van der Waals surface area contributed by atoms with Crippen LogP contribution in [0.25, 0.3) is 6.08 Å². The average molecular weight is 383 g/mol. The van der Waals surface area contributed by atoms with E-state index in [0.29, 0.717) is 28.1 Å². The van der Waals surface area contributed by atoms with Crippen molar-refractivity contribution in [3.63, 3.8) is 0 Å². The van der Waals surface area contributed by atoms with Gasteiger partial charge in [0.05, 0.1) is 23.4 Å². The van der Waals surface area contributed by atoms with Crippen molar-refractivity contribution in [2.24, 2.45) is 0 Å². The van der Waals surface area contributed by atoms with Crippen LogP contribution in [0.5, 0.6) is 5.75 Å². The molecule has 146 valence electrons. The Bertz CT molecular complexity index is 969. The van der Waals surface area contributed by atoms with E-state index in [4.69, 9.17) is 14.2 Å². The number of aromatic nitrogens is 1. The summed E-state index contributed by atoms with van der Waals surface area (Å²) in [5, 5.41) is 0. The molecule has 1 aromatic carbocycles. The van der Waals surface area contributed by atoms with Crippen molar-refractivity contribution < 1.29 is 28.6 Å². The number of fused-ring (bicyclic) bond motifs is 1. The quantitative estimate of drug-likeness (QED) is 0.609. The summed E-state index contributed by atoms with van der Waals surface area (Å²) in [5.74, 6) is -0.844. The molecule has 1 aliphatic rings. The Balaban J connectivity index is 1.68. The van der Waals surface area contributed by atoms with Crippen molar-refractivity contribution in [2.75, 3.05) is 19.8 Å². The zero-order valence-corrected chi connectivity index (χ0v) is 16.0. The SMILES string of the molecule is CCOC(=O)c1c(C)[nH]c(C(=O)COC(=O)C2=Cc3ccccc3OC2)c1C. The normalized spacial score (nSPS) is 12.5. The van der Waals surface area contributed by atoms with Crippen molar-refractivity contribution in [3.8, 4) is 5.75 Å². The van der Waals surface area contributed by atoms with Gasteiger partial charge in [0.2, 0.25) is 5.78 Å². The van der Waals surface area contributed by atoms with Gasteiger partial charge < -0.3 is 19.2 Å². The van der Waals surface area contributed by atoms with Gasteiger partial charge >= 0.3 is 11.9 Å². The molecule has 3 rings (SSSR count). The number of hydrogen-bond donors (Lipinski definition) is 1. The molecule has 0 fully saturated rings. The van der Waals surface area contributed by atoms with Crippen molar-refractivity contribution >= 4 is 23.8 Å². The number of aromatic amines is 1. The fraction of sp³-hybridized carbons (Fsp3) is 0.286. The summed E-state index contributed by atoms with van der Waals surface area (Å²) in [6.45, 7) is 4.92. The Kier molecular flexibility index (Phi) is 5.63. The van der Waals surface area contributed by atoms with Gasteiger partial charge in [-0.2, -0.15) is 0 Å². The van der Waals surface area contributed by atoms with Gasteiger partial charge in [-0.05, 0) is 38.5 Å². The van der Waals surface area contributed by atoms with Gasteiger partial charge in [-0.25, -0.2) is 9.59 Å². The summed E-state index contributed by atoms with van der Waals surface area (Å²) < 4.78 is 15.7. The van der Waals surface area contributed by atoms with E-state index in [2.05, 4.69) is 4.98 Å². The van der Waals surface area contributed by atoms with Gasteiger partial charge in [0, 0.05) is 11.3 Å². The lowest BCUT2D eigenvalue weighted by atomic mass is 10.1. The standard InChI is InChI=1S/C21H21NO6/c1-4-26-21(25)18-12(2)19(22-13(18)3)16(23)11-28-20(24)15-9-14-7-5-6-8-17(14)27-10-15/h5-9,22H,4,10-11H2,1-3H3. The number of carbonyl (C=O) groups is 3. The monoisotopic (exact) mass is 383 g/mol. The van der Waals surface area contributed by atoms with Crippen LogP contribution in [-0.2, 0) is 14.3 Å². The van der Waals surface area contributed by atoms with Crippen LogP contribution >= 0.6 is 0 Å². The first-order chi connectivity index (χ1) is 13.4. The van der Waals surface area contributed by atoms with Gasteiger partial charge in [0.1, 0.15) is 12.4 Å². The molecular formula is C21H21NO6. The number of benzene rings is 1. The summed E-state index contributed by atoms with van der Waals surface area (Å²) in [6.07, 6.45) is 1.69. The minimum atomic E-state index is -0.616. The van der Waals surface area contributed by atoms with E-state index in [1.807, 2.05) is 24.3 Å². The Labute approximate surface area is 162 Å². The summed E-state index contributed by atoms with van der Waals surface area (Å²) in [6, 6.07) is 7.33. The predicted octanol–water partition coefficient (Wildman–Crippen LogP) is 3.01. The highest BCUT2D eigenvalue weighted by atomic mass is 16.5. The molecule has 0 saturated carbocycles. The largest absolute Gasteiger partial charge is 0.488 e. The van der Waals surface area contributed by atoms with Gasteiger partial charge in [-0.3, -0.25) is 4.79 Å². The molecule has 1 N–H and O–H groups in total. The Hall–Kier alpha value is -3.35. The second-order valence-electron chi connectivity index (χ2n) is 6.34. The molecule has 0 saturated heterocycles. The Morgan fingerprint density at radius 2 is 1.86 bits per heavy atom. The van der Waals surface area contributed by atoms with E-state index in [1.165, 1.54) is 0 Å². The summed E-state index contributed by atoms with van der Waals surface area (Å²) in [5.41, 5.74) is 2.68. The molecule has 1 aliphatic heterocycles. The molecule has 0 spiro atoms. The zero-order valence-electron chi connectivity index (χ0n) is 16.0. The summed E-state index contributed by atoms with van der Waals surface area (Å²) in [4.78, 5) is 39.7. The maximum absolute atomic E-state index is 12.5. The zero-order chi connectivity index (χ0) is 20.3. The van der Waals surface area contributed by atoms with Crippen LogP contribution in [0.1, 0.15) is 44.6 Å². The van der Waals surface area contributed by atoms with Crippen molar-refractivity contribution in [1.82, 2.24) is 4.98 Å². The van der Waals surface area contributed by atoms with E-state index >= 15 is 0 Å². The number of rotatable bonds is 6. The molecule has 7 nitrogen and oxygen atoms in total. The van der Waals surface area contributed by atoms with E-state index in [-0.39, 0.29) is 18.9 Å². The number of Topliss-reactive ketones (excluding diaryl/α,β-unsaturated/α-hetero) is 1. The number of carbonyl (C=O) groups excluding carboxylic acids is 3. The fourth-order valence-electron chi connectivity index (χ4n) is 3.07. The molecule has 28 heavy (non-hydrogen) atoms. The molecule has 0 aliphatic carbocycles. The Morgan fingerprint density at radius 1 is 1.11 bits per heavy atom. The maximum atomic E-state index is 12.5. The third-order valence-electron chi connectivity index (χ3n) is 4.42. The highest BCUT2D eigenvalue weighted by Gasteiger charge is 2.24. The van der Waals surface area contributed by atoms with Crippen LogP contribution in [0.15, 0.2) is 29.8 Å². The smallest absolute Gasteiger partial charge is 0.340 e. The van der Waals surface area contributed by atoms with Gasteiger partial charge in [0.15, 0.2) is 6.61 Å². The lowest BCUT2D eigenvalue weighted by Gasteiger charge is -2.16. The number of nitrogens with one attached hydrogen (secondary N) is 1. The average Bonchev–Trinajstić information content (AvgIpc) is 2.99. The van der Waals surface area contributed by atoms with E-state index < -0.39 is 24.3 Å². The molecule has 2 aromatic rings. The van der Waals surface area contributed by atoms with Crippen molar-refractivity contribution in [2.45, 2.75) is 20.8 Å².